The van der Waals surface area contributed by atoms with Crippen LogP contribution < -0.4 is 35.5 Å². The van der Waals surface area contributed by atoms with Crippen LogP contribution >= 0.6 is 0 Å². The number of amides is 1. The van der Waals surface area contributed by atoms with Crippen molar-refractivity contribution >= 4 is 22.5 Å². The van der Waals surface area contributed by atoms with E-state index >= 15 is 4.39 Å². The summed E-state index contributed by atoms with van der Waals surface area (Å²) in [6.07, 6.45) is 3.14. The minimum atomic E-state index is -0.936. The minimum Gasteiger partial charge on any atom is -0.489 e. The summed E-state index contributed by atoms with van der Waals surface area (Å²) in [7, 11) is 1.36. The molecule has 0 bridgehead atoms. The number of ether oxygens (including phenoxy) is 5. The van der Waals surface area contributed by atoms with Crippen molar-refractivity contribution in [3.05, 3.63) is 99.1 Å². The van der Waals surface area contributed by atoms with Gasteiger partial charge in [0.15, 0.2) is 23.1 Å². The Hall–Kier alpha value is -5.87. The van der Waals surface area contributed by atoms with E-state index in [1.807, 2.05) is 0 Å². The fourth-order valence-electron chi connectivity index (χ4n) is 5.77. The van der Waals surface area contributed by atoms with Crippen LogP contribution in [-0.2, 0) is 11.8 Å². The molecule has 1 fully saturated rings. The van der Waals surface area contributed by atoms with E-state index in [0.717, 1.165) is 72.8 Å². The first kappa shape index (κ1) is 33.6. The number of hydrogen-bond donors (Lipinski definition) is 1. The number of aryl methyl sites for hydroxylation is 1. The molecule has 0 aliphatic carbocycles. The largest absolute Gasteiger partial charge is 0.489 e. The summed E-state index contributed by atoms with van der Waals surface area (Å²) in [6, 6.07) is 10.0. The molecule has 2 aliphatic rings. The Morgan fingerprint density at radius 3 is 2.47 bits per heavy atom. The van der Waals surface area contributed by atoms with Crippen molar-refractivity contribution < 1.29 is 37.3 Å². The average molecular weight is 703 g/mol. The summed E-state index contributed by atoms with van der Waals surface area (Å²) in [4.78, 5) is 50.0. The number of carbonyl (C=O) groups excluding carboxylic acids is 1. The van der Waals surface area contributed by atoms with Gasteiger partial charge in [-0.1, -0.05) is 0 Å². The van der Waals surface area contributed by atoms with Gasteiger partial charge in [-0.25, -0.2) is 28.1 Å². The molecule has 1 saturated heterocycles. The minimum absolute atomic E-state index is 0.00264. The Balaban J connectivity index is 1.10. The Labute approximate surface area is 288 Å². The monoisotopic (exact) mass is 702 g/mol. The number of benzene rings is 3. The summed E-state index contributed by atoms with van der Waals surface area (Å²) >= 11 is 0. The first-order chi connectivity index (χ1) is 24.8. The summed E-state index contributed by atoms with van der Waals surface area (Å²) < 4.78 is 60.0. The van der Waals surface area contributed by atoms with Gasteiger partial charge in [0.1, 0.15) is 36.3 Å². The van der Waals surface area contributed by atoms with Crippen molar-refractivity contribution in [2.45, 2.75) is 6.42 Å². The predicted octanol–water partition coefficient (Wildman–Crippen LogP) is 3.67. The van der Waals surface area contributed by atoms with Crippen LogP contribution in [0, 0.1) is 11.6 Å². The highest BCUT2D eigenvalue weighted by atomic mass is 19.1. The number of nitrogens with zero attached hydrogens (tertiary/aromatic N) is 5. The topological polar surface area (TPSA) is 148 Å². The van der Waals surface area contributed by atoms with Crippen molar-refractivity contribution in [2.75, 3.05) is 58.0 Å². The molecule has 3 aromatic carbocycles. The Kier molecular flexibility index (Phi) is 9.59. The number of hydrogen-bond acceptors (Lipinski definition) is 11. The van der Waals surface area contributed by atoms with Crippen LogP contribution in [0.4, 0.5) is 14.5 Å². The summed E-state index contributed by atoms with van der Waals surface area (Å²) in [5.41, 5.74) is -1.57. The normalized spacial score (nSPS) is 14.3. The second-order valence-corrected chi connectivity index (χ2v) is 11.7. The third kappa shape index (κ3) is 7.09. The lowest BCUT2D eigenvalue weighted by Crippen LogP contribution is -2.41. The Bertz CT molecular complexity index is 2220. The van der Waals surface area contributed by atoms with Crippen molar-refractivity contribution in [1.82, 2.24) is 24.0 Å². The van der Waals surface area contributed by atoms with Gasteiger partial charge in [-0.15, -0.1) is 0 Å². The molecule has 0 unspecified atom stereocenters. The zero-order valence-corrected chi connectivity index (χ0v) is 27.4. The summed E-state index contributed by atoms with van der Waals surface area (Å²) in [6.45, 7) is 5.09. The summed E-state index contributed by atoms with van der Waals surface area (Å²) in [5.74, 6) is -1.39. The van der Waals surface area contributed by atoms with Crippen molar-refractivity contribution in [1.29, 1.82) is 0 Å². The first-order valence-corrected chi connectivity index (χ1v) is 16.1. The van der Waals surface area contributed by atoms with Crippen molar-refractivity contribution in [3.8, 4) is 34.6 Å². The lowest BCUT2D eigenvalue weighted by Gasteiger charge is -2.26. The smallest absolute Gasteiger partial charge is 0.335 e. The zero-order chi connectivity index (χ0) is 35.5. The fraction of sp³-hybridized carbons (Fsp3) is 0.286. The van der Waals surface area contributed by atoms with E-state index in [0.29, 0.717) is 41.4 Å². The summed E-state index contributed by atoms with van der Waals surface area (Å²) in [5, 5.41) is 2.83. The molecule has 1 amide bonds. The van der Waals surface area contributed by atoms with E-state index in [1.54, 1.807) is 6.07 Å². The lowest BCUT2D eigenvalue weighted by atomic mass is 10.1. The predicted molar refractivity (Wildman–Crippen MR) is 180 cm³/mol. The second kappa shape index (κ2) is 14.5. The molecule has 0 atom stereocenters. The Morgan fingerprint density at radius 2 is 1.71 bits per heavy atom. The molecule has 0 spiro atoms. The van der Waals surface area contributed by atoms with E-state index < -0.39 is 34.4 Å². The van der Waals surface area contributed by atoms with Gasteiger partial charge in [-0.05, 0) is 42.8 Å². The molecule has 0 saturated carbocycles. The molecule has 2 aliphatic heterocycles. The number of aromatic nitrogens is 4. The fourth-order valence-corrected chi connectivity index (χ4v) is 5.77. The van der Waals surface area contributed by atoms with Crippen molar-refractivity contribution in [2.24, 2.45) is 7.05 Å². The number of morpholine rings is 1. The molecular weight excluding hydrogens is 670 g/mol. The SMILES string of the molecule is Cn1cc(C(=O)Nc2ccc(Oc3ncnc4cc(OCCCN5CCOCC5)c5c(c34)OCCO5)c(F)c2)c(=O)n(-c2ccc(F)cc2)c1=O. The molecule has 5 aromatic rings. The maximum absolute atomic E-state index is 15.5. The van der Waals surface area contributed by atoms with Gasteiger partial charge < -0.3 is 33.6 Å². The van der Waals surface area contributed by atoms with E-state index in [2.05, 4.69) is 20.2 Å². The molecule has 2 aromatic heterocycles. The zero-order valence-electron chi connectivity index (χ0n) is 27.4. The molecule has 264 valence electrons. The van der Waals surface area contributed by atoms with E-state index in [-0.39, 0.29) is 29.6 Å². The van der Waals surface area contributed by atoms with Gasteiger partial charge in [-0.3, -0.25) is 14.5 Å². The Morgan fingerprint density at radius 1 is 0.941 bits per heavy atom. The third-order valence-electron chi connectivity index (χ3n) is 8.30. The van der Waals surface area contributed by atoms with Gasteiger partial charge in [0.05, 0.1) is 31.0 Å². The van der Waals surface area contributed by atoms with Crippen LogP contribution in [0.3, 0.4) is 0 Å². The number of carbonyl (C=O) groups is 1. The molecule has 1 N–H and O–H groups in total. The highest BCUT2D eigenvalue weighted by Crippen LogP contribution is 2.48. The molecule has 14 nitrogen and oxygen atoms in total. The molecule has 4 heterocycles. The van der Waals surface area contributed by atoms with Crippen molar-refractivity contribution in [3.63, 3.8) is 0 Å². The van der Waals surface area contributed by atoms with Crippen LogP contribution in [0.5, 0.6) is 28.9 Å². The first-order valence-electron chi connectivity index (χ1n) is 16.1. The van der Waals surface area contributed by atoms with E-state index in [1.165, 1.54) is 37.6 Å². The van der Waals surface area contributed by atoms with E-state index in [4.69, 9.17) is 23.7 Å². The van der Waals surface area contributed by atoms with Crippen LogP contribution in [0.2, 0.25) is 0 Å². The highest BCUT2D eigenvalue weighted by molar-refractivity contribution is 6.04. The third-order valence-corrected chi connectivity index (χ3v) is 8.30. The maximum Gasteiger partial charge on any atom is 0.335 e. The number of anilines is 1. The number of halogens is 2. The average Bonchev–Trinajstić information content (AvgIpc) is 3.14. The standard InChI is InChI=1S/C35H32F2N6O8/c1-41-19-24(34(45)43(35(41)46)23-6-3-21(36)4-7-23)32(44)40-22-5-8-27(25(37)17-22)51-33-29-26(38-20-39-33)18-28(30-31(29)50-16-15-49-30)48-12-2-9-42-10-13-47-14-11-42/h3-8,17-20H,2,9-16H2,1H3,(H,40,44). The maximum atomic E-state index is 15.5. The molecule has 16 heteroatoms. The molecule has 7 rings (SSSR count). The molecular formula is C35H32F2N6O8. The van der Waals surface area contributed by atoms with Crippen LogP contribution in [-0.4, -0.2) is 82.6 Å². The van der Waals surface area contributed by atoms with Crippen LogP contribution in [0.1, 0.15) is 16.8 Å². The number of rotatable bonds is 10. The van der Waals surface area contributed by atoms with Gasteiger partial charge >= 0.3 is 5.69 Å². The quantitative estimate of drug-likeness (QED) is 0.213. The van der Waals surface area contributed by atoms with Crippen LogP contribution in [0.15, 0.2) is 70.6 Å². The lowest BCUT2D eigenvalue weighted by molar-refractivity contribution is 0.0357. The number of fused-ring (bicyclic) bond motifs is 3. The van der Waals surface area contributed by atoms with Gasteiger partial charge in [0.2, 0.25) is 11.6 Å². The van der Waals surface area contributed by atoms with Gasteiger partial charge in [-0.2, -0.15) is 0 Å². The highest BCUT2D eigenvalue weighted by Gasteiger charge is 2.26. The molecule has 0 radical (unpaired) electrons. The second-order valence-electron chi connectivity index (χ2n) is 11.7. The van der Waals surface area contributed by atoms with Gasteiger partial charge in [0, 0.05) is 50.7 Å². The van der Waals surface area contributed by atoms with Gasteiger partial charge in [0.25, 0.3) is 11.5 Å². The van der Waals surface area contributed by atoms with E-state index in [9.17, 15) is 18.8 Å². The van der Waals surface area contributed by atoms with Crippen LogP contribution in [0.25, 0.3) is 16.6 Å². The number of nitrogens with one attached hydrogen (secondary N) is 1. The molecule has 51 heavy (non-hydrogen) atoms.